The maximum Gasteiger partial charge on any atom is 0.522 e. The molecule has 3 nitrogen and oxygen atoms in total. The highest BCUT2D eigenvalue weighted by Crippen LogP contribution is 2.20. The van der Waals surface area contributed by atoms with Crippen molar-refractivity contribution in [2.75, 3.05) is 0 Å². The van der Waals surface area contributed by atoms with Crippen molar-refractivity contribution in [2.24, 2.45) is 0 Å². The minimum atomic E-state index is -5.67. The summed E-state index contributed by atoms with van der Waals surface area (Å²) in [5.74, 6) is 0. The Morgan fingerprint density at radius 3 is 1.88 bits per heavy atom. The third-order valence-corrected chi connectivity index (χ3v) is 0.850. The van der Waals surface area contributed by atoms with Crippen molar-refractivity contribution in [3.8, 4) is 0 Å². The molecule has 0 amide bonds. The maximum atomic E-state index is 11.0. The van der Waals surface area contributed by atoms with Crippen LogP contribution in [-0.2, 0) is 10.1 Å². The van der Waals surface area contributed by atoms with Crippen molar-refractivity contribution < 1.29 is 26.1 Å². The largest absolute Gasteiger partial charge is 0.522 e. The summed E-state index contributed by atoms with van der Waals surface area (Å²) in [7, 11) is -5.67. The molecule has 0 unspecified atom stereocenters. The van der Waals surface area contributed by atoms with Gasteiger partial charge >= 0.3 is 15.6 Å². The first-order valence-electron chi connectivity index (χ1n) is 1.68. The normalized spacial score (nSPS) is 15.6. The van der Waals surface area contributed by atoms with Gasteiger partial charge in [0, 0.05) is 0 Å². The second-order valence-corrected chi connectivity index (χ2v) is 2.27. The molecule has 0 bridgehead atoms. The average Bonchev–Trinajstić information content (AvgIpc) is 1.64. The molecule has 0 atom stereocenters. The summed E-state index contributed by atoms with van der Waals surface area (Å²) in [6.07, 6.45) is 0. The smallest absolute Gasteiger partial charge is 0.279 e. The first-order valence-corrected chi connectivity index (χ1v) is 2.68. The molecule has 0 saturated carbocycles. The Morgan fingerprint density at radius 1 is 1.50 bits per heavy atom. The summed E-state index contributed by atoms with van der Waals surface area (Å²) >= 11 is 0. The van der Waals surface area contributed by atoms with Crippen molar-refractivity contribution >= 4 is 10.1 Å². The van der Waals surface area contributed by atoms with Crippen LogP contribution in [0.25, 0.3) is 1.43 Å². The molecule has 0 aromatic heterocycles. The first kappa shape index (κ1) is 5.83. The quantitative estimate of drug-likeness (QED) is 0.435. The monoisotopic (exact) mass is 151 g/mol. The van der Waals surface area contributed by atoms with Crippen LogP contribution in [0.1, 0.15) is 0 Å². The van der Waals surface area contributed by atoms with Crippen LogP contribution in [-0.4, -0.2) is 18.5 Å². The highest BCUT2D eigenvalue weighted by atomic mass is 32.2. The van der Waals surface area contributed by atoms with E-state index in [9.17, 15) is 21.6 Å². The van der Waals surface area contributed by atoms with E-state index in [0.29, 0.717) is 0 Å². The van der Waals surface area contributed by atoms with Gasteiger partial charge in [-0.05, 0) is 0 Å². The summed E-state index contributed by atoms with van der Waals surface area (Å²) in [6, 6.07) is 0. The average molecular weight is 151 g/mol. The van der Waals surface area contributed by atoms with Gasteiger partial charge in [-0.2, -0.15) is 21.6 Å². The fraction of sp³-hybridized carbons (Fsp3) is 1.00. The van der Waals surface area contributed by atoms with Gasteiger partial charge in [-0.3, -0.25) is 4.56 Å². The number of halogens is 3. The van der Waals surface area contributed by atoms with E-state index in [1.54, 1.807) is 0 Å². The highest BCUT2D eigenvalue weighted by Gasteiger charge is 2.44. The molecule has 8 heavy (non-hydrogen) atoms. The topological polar surface area (TPSA) is 54.4 Å². The molecule has 50 valence electrons. The molecule has 0 spiro atoms. The van der Waals surface area contributed by atoms with Crippen LogP contribution < -0.4 is 0 Å². The fourth-order valence-corrected chi connectivity index (χ4v) is 0. The van der Waals surface area contributed by atoms with E-state index in [4.69, 9.17) is 1.43 Å². The highest BCUT2D eigenvalue weighted by molar-refractivity contribution is 7.86. The van der Waals surface area contributed by atoms with Crippen LogP contribution in [0.3, 0.4) is 0 Å². The zero-order chi connectivity index (χ0) is 7.71. The predicted octanol–water partition coefficient (Wildman–Crippen LogP) is 0.394. The lowest BCUT2D eigenvalue weighted by Gasteiger charge is -1.97. The molecule has 0 aliphatic heterocycles. The van der Waals surface area contributed by atoms with Crippen molar-refractivity contribution in [3.05, 3.63) is 0 Å². The molecule has 7 heteroatoms. The van der Waals surface area contributed by atoms with Gasteiger partial charge in [0.15, 0.2) is 0 Å². The van der Waals surface area contributed by atoms with E-state index in [0.717, 1.165) is 0 Å². The molecule has 0 aromatic carbocycles. The van der Waals surface area contributed by atoms with Crippen LogP contribution in [0.4, 0.5) is 13.2 Å². The lowest BCUT2D eigenvalue weighted by atomic mass is 11.6. The number of alkyl halides is 3. The van der Waals surface area contributed by atoms with Crippen molar-refractivity contribution in [3.63, 3.8) is 0 Å². The van der Waals surface area contributed by atoms with Crippen molar-refractivity contribution in [1.29, 1.82) is 1.43 Å². The van der Waals surface area contributed by atoms with E-state index >= 15 is 0 Å². The number of hydrogen-bond donors (Lipinski definition) is 1. The van der Waals surface area contributed by atoms with Crippen LogP contribution in [0, 0.1) is 0 Å². The van der Waals surface area contributed by atoms with Gasteiger partial charge < -0.3 is 0 Å². The molecule has 0 aliphatic rings. The van der Waals surface area contributed by atoms with E-state index < -0.39 is 15.6 Å². The molecule has 0 aromatic rings. The molecular formula is CHF3O3S. The van der Waals surface area contributed by atoms with Crippen LogP contribution in [0.15, 0.2) is 0 Å². The van der Waals surface area contributed by atoms with E-state index in [1.165, 1.54) is 0 Å². The molecule has 0 aliphatic carbocycles. The zero-order valence-electron chi connectivity index (χ0n) is 4.27. The third-order valence-electron chi connectivity index (χ3n) is 0.283. The zero-order valence-corrected chi connectivity index (χ0v) is 4.08. The fourth-order valence-electron chi connectivity index (χ4n) is 0. The summed E-state index contributed by atoms with van der Waals surface area (Å²) < 4.78 is 59.8. The predicted molar refractivity (Wildman–Crippen MR) is 17.6 cm³/mol. The Bertz CT molecular complexity index is 180. The van der Waals surface area contributed by atoms with Gasteiger partial charge in [-0.15, -0.1) is 0 Å². The van der Waals surface area contributed by atoms with E-state index in [2.05, 4.69) is 4.56 Å². The van der Waals surface area contributed by atoms with Gasteiger partial charge in [0.1, 0.15) is 0 Å². The van der Waals surface area contributed by atoms with Gasteiger partial charge in [0.2, 0.25) is 1.43 Å². The lowest BCUT2D eigenvalue weighted by molar-refractivity contribution is -0.0510. The molecule has 0 heterocycles. The third kappa shape index (κ3) is 1.66. The first-order chi connectivity index (χ1) is 3.81. The SMILES string of the molecule is [2H]OS(=O)(=O)C(F)(F)F. The van der Waals surface area contributed by atoms with Crippen LogP contribution >= 0.6 is 0 Å². The molecule has 0 rings (SSSR count). The van der Waals surface area contributed by atoms with Gasteiger partial charge in [0.05, 0.1) is 0 Å². The Hall–Kier alpha value is -0.300. The molecule has 0 radical (unpaired) electrons. The van der Waals surface area contributed by atoms with Crippen LogP contribution in [0.2, 0.25) is 0 Å². The van der Waals surface area contributed by atoms with Crippen molar-refractivity contribution in [1.82, 2.24) is 0 Å². The number of rotatable bonds is 1. The Morgan fingerprint density at radius 2 is 1.88 bits per heavy atom. The van der Waals surface area contributed by atoms with Crippen molar-refractivity contribution in [2.45, 2.75) is 5.51 Å². The van der Waals surface area contributed by atoms with Gasteiger partial charge in [-0.1, -0.05) is 0 Å². The van der Waals surface area contributed by atoms with Gasteiger partial charge in [0.25, 0.3) is 0 Å². The second-order valence-electron chi connectivity index (χ2n) is 0.900. The molecule has 0 saturated heterocycles. The Balaban J connectivity index is 4.57. The van der Waals surface area contributed by atoms with Gasteiger partial charge in [-0.25, -0.2) is 0 Å². The Kier molecular flexibility index (Phi) is 1.16. The summed E-state index contributed by atoms with van der Waals surface area (Å²) in [5.41, 5.74) is -5.49. The second kappa shape index (κ2) is 1.59. The number of hydrogen-bond acceptors (Lipinski definition) is 3. The summed E-state index contributed by atoms with van der Waals surface area (Å²) in [6.45, 7) is 0. The maximum absolute atomic E-state index is 11.0. The van der Waals surface area contributed by atoms with Crippen LogP contribution in [0.5, 0.6) is 0 Å². The van der Waals surface area contributed by atoms with E-state index in [1.807, 2.05) is 0 Å². The lowest BCUT2D eigenvalue weighted by Crippen LogP contribution is -2.21. The molecule has 0 fully saturated rings. The summed E-state index contributed by atoms with van der Waals surface area (Å²) in [4.78, 5) is 0. The standard InChI is InChI=1S/CHF3O3S/c2-1(3,4)8(5,6)7/h(H,5,6,7)/i/hD. The minimum Gasteiger partial charge on any atom is -0.279 e. The molecule has 1 N–H and O–H groups in total. The van der Waals surface area contributed by atoms with E-state index in [-0.39, 0.29) is 0 Å². The molecular weight excluding hydrogens is 149 g/mol. The summed E-state index contributed by atoms with van der Waals surface area (Å²) in [5, 5.41) is 0. The minimum absolute atomic E-state index is 2.40. The Labute approximate surface area is 44.4 Å².